The standard InChI is InChI=1S/C11H14BrF3N2/c1-2-16-10(6-11(13,14)15)5-9-4-3-8(12)7-17-9/h3-4,7,10,16H,2,5-6H2,1H3. The van der Waals surface area contributed by atoms with Crippen molar-refractivity contribution in [2.24, 2.45) is 0 Å². The number of hydrogen-bond acceptors (Lipinski definition) is 2. The molecule has 0 radical (unpaired) electrons. The monoisotopic (exact) mass is 310 g/mol. The van der Waals surface area contributed by atoms with Crippen molar-refractivity contribution in [2.75, 3.05) is 6.54 Å². The molecule has 0 amide bonds. The fourth-order valence-corrected chi connectivity index (χ4v) is 1.80. The van der Waals surface area contributed by atoms with Gasteiger partial charge in [0, 0.05) is 28.8 Å². The maximum atomic E-state index is 12.3. The van der Waals surface area contributed by atoms with Gasteiger partial charge in [-0.05, 0) is 34.6 Å². The molecule has 1 heterocycles. The van der Waals surface area contributed by atoms with Gasteiger partial charge < -0.3 is 5.32 Å². The molecule has 1 rings (SSSR count). The van der Waals surface area contributed by atoms with E-state index in [4.69, 9.17) is 0 Å². The average molecular weight is 311 g/mol. The zero-order valence-electron chi connectivity index (χ0n) is 9.39. The number of hydrogen-bond donors (Lipinski definition) is 1. The van der Waals surface area contributed by atoms with Crippen molar-refractivity contribution < 1.29 is 13.2 Å². The van der Waals surface area contributed by atoms with E-state index in [-0.39, 0.29) is 6.42 Å². The molecular formula is C11H14BrF3N2. The third-order valence-corrected chi connectivity index (χ3v) is 2.68. The maximum absolute atomic E-state index is 12.3. The van der Waals surface area contributed by atoms with Crippen LogP contribution in [0.3, 0.4) is 0 Å². The van der Waals surface area contributed by atoms with Crippen LogP contribution in [0.2, 0.25) is 0 Å². The quantitative estimate of drug-likeness (QED) is 0.902. The predicted octanol–water partition coefficient (Wildman–Crippen LogP) is 3.32. The highest BCUT2D eigenvalue weighted by Crippen LogP contribution is 2.23. The zero-order valence-corrected chi connectivity index (χ0v) is 11.0. The van der Waals surface area contributed by atoms with Gasteiger partial charge in [0.15, 0.2) is 0 Å². The molecule has 0 aromatic carbocycles. The zero-order chi connectivity index (χ0) is 12.9. The molecule has 0 aliphatic rings. The Hall–Kier alpha value is -0.620. The van der Waals surface area contributed by atoms with Crippen LogP contribution < -0.4 is 5.32 Å². The van der Waals surface area contributed by atoms with Crippen molar-refractivity contribution in [3.05, 3.63) is 28.5 Å². The highest BCUT2D eigenvalue weighted by Gasteiger charge is 2.31. The van der Waals surface area contributed by atoms with Crippen molar-refractivity contribution in [1.29, 1.82) is 0 Å². The second kappa shape index (κ2) is 6.35. The lowest BCUT2D eigenvalue weighted by atomic mass is 10.1. The lowest BCUT2D eigenvalue weighted by Crippen LogP contribution is -2.35. The lowest BCUT2D eigenvalue weighted by Gasteiger charge is -2.19. The molecular weight excluding hydrogens is 297 g/mol. The minimum atomic E-state index is -4.15. The molecule has 1 N–H and O–H groups in total. The second-order valence-electron chi connectivity index (χ2n) is 3.75. The molecule has 1 atom stereocenters. The van der Waals surface area contributed by atoms with E-state index in [9.17, 15) is 13.2 Å². The summed E-state index contributed by atoms with van der Waals surface area (Å²) in [6.07, 6.45) is -3.12. The smallest absolute Gasteiger partial charge is 0.314 e. The molecule has 0 saturated heterocycles. The van der Waals surface area contributed by atoms with E-state index in [1.807, 2.05) is 0 Å². The molecule has 0 aliphatic heterocycles. The minimum absolute atomic E-state index is 0.278. The van der Waals surface area contributed by atoms with Crippen LogP contribution in [0.25, 0.3) is 0 Å². The molecule has 0 fully saturated rings. The Morgan fingerprint density at radius 3 is 2.59 bits per heavy atom. The lowest BCUT2D eigenvalue weighted by molar-refractivity contribution is -0.139. The van der Waals surface area contributed by atoms with E-state index in [1.54, 1.807) is 25.3 Å². The van der Waals surface area contributed by atoms with Crippen LogP contribution in [0.5, 0.6) is 0 Å². The van der Waals surface area contributed by atoms with E-state index in [2.05, 4.69) is 26.2 Å². The van der Waals surface area contributed by atoms with Gasteiger partial charge in [0.25, 0.3) is 0 Å². The number of pyridine rings is 1. The van der Waals surface area contributed by atoms with Crippen LogP contribution >= 0.6 is 15.9 Å². The van der Waals surface area contributed by atoms with Crippen LogP contribution in [0.1, 0.15) is 19.0 Å². The largest absolute Gasteiger partial charge is 0.390 e. The van der Waals surface area contributed by atoms with Crippen molar-refractivity contribution in [1.82, 2.24) is 10.3 Å². The summed E-state index contributed by atoms with van der Waals surface area (Å²) in [7, 11) is 0. The summed E-state index contributed by atoms with van der Waals surface area (Å²) in [5.74, 6) is 0. The number of nitrogens with one attached hydrogen (secondary N) is 1. The molecule has 1 unspecified atom stereocenters. The van der Waals surface area contributed by atoms with Crippen LogP contribution in [0, 0.1) is 0 Å². The Bertz CT molecular complexity index is 338. The van der Waals surface area contributed by atoms with Gasteiger partial charge in [-0.2, -0.15) is 13.2 Å². The number of likely N-dealkylation sites (N-methyl/N-ethyl adjacent to an activating group) is 1. The van der Waals surface area contributed by atoms with E-state index < -0.39 is 18.6 Å². The normalized spacial score (nSPS) is 13.7. The third kappa shape index (κ3) is 6.02. The molecule has 6 heteroatoms. The summed E-state index contributed by atoms with van der Waals surface area (Å²) < 4.78 is 37.8. The van der Waals surface area contributed by atoms with Crippen LogP contribution in [0.4, 0.5) is 13.2 Å². The Morgan fingerprint density at radius 1 is 1.41 bits per heavy atom. The first-order valence-corrected chi connectivity index (χ1v) is 6.10. The van der Waals surface area contributed by atoms with Gasteiger partial charge in [-0.15, -0.1) is 0 Å². The SMILES string of the molecule is CCNC(Cc1ccc(Br)cn1)CC(F)(F)F. The van der Waals surface area contributed by atoms with Crippen molar-refractivity contribution in [2.45, 2.75) is 32.0 Å². The van der Waals surface area contributed by atoms with Crippen LogP contribution in [-0.4, -0.2) is 23.7 Å². The topological polar surface area (TPSA) is 24.9 Å². The molecule has 1 aromatic rings. The van der Waals surface area contributed by atoms with Gasteiger partial charge in [-0.25, -0.2) is 0 Å². The molecule has 17 heavy (non-hydrogen) atoms. The van der Waals surface area contributed by atoms with Gasteiger partial charge in [-0.1, -0.05) is 6.92 Å². The van der Waals surface area contributed by atoms with Crippen LogP contribution in [0.15, 0.2) is 22.8 Å². The van der Waals surface area contributed by atoms with Crippen molar-refractivity contribution in [3.63, 3.8) is 0 Å². The number of rotatable bonds is 5. The molecule has 0 bridgehead atoms. The van der Waals surface area contributed by atoms with Gasteiger partial charge >= 0.3 is 6.18 Å². The highest BCUT2D eigenvalue weighted by molar-refractivity contribution is 9.10. The maximum Gasteiger partial charge on any atom is 0.390 e. The summed E-state index contributed by atoms with van der Waals surface area (Å²) in [6, 6.07) is 2.89. The van der Waals surface area contributed by atoms with Gasteiger partial charge in [0.1, 0.15) is 0 Å². The molecule has 0 saturated carbocycles. The molecule has 0 aliphatic carbocycles. The number of aromatic nitrogens is 1. The predicted molar refractivity (Wildman–Crippen MR) is 63.8 cm³/mol. The average Bonchev–Trinajstić information content (AvgIpc) is 2.19. The summed E-state index contributed by atoms with van der Waals surface area (Å²) in [4.78, 5) is 4.08. The summed E-state index contributed by atoms with van der Waals surface area (Å²) in [6.45, 7) is 2.30. The Labute approximate surface area is 107 Å². The Balaban J connectivity index is 2.63. The molecule has 96 valence electrons. The molecule has 2 nitrogen and oxygen atoms in total. The minimum Gasteiger partial charge on any atom is -0.314 e. The van der Waals surface area contributed by atoms with Gasteiger partial charge in [0.05, 0.1) is 6.42 Å². The van der Waals surface area contributed by atoms with E-state index in [0.29, 0.717) is 12.2 Å². The first kappa shape index (κ1) is 14.4. The van der Waals surface area contributed by atoms with E-state index >= 15 is 0 Å². The number of alkyl halides is 3. The molecule has 0 spiro atoms. The fourth-order valence-electron chi connectivity index (χ4n) is 1.56. The van der Waals surface area contributed by atoms with E-state index in [1.165, 1.54) is 0 Å². The van der Waals surface area contributed by atoms with Crippen LogP contribution in [-0.2, 0) is 6.42 Å². The van der Waals surface area contributed by atoms with Gasteiger partial charge in [-0.3, -0.25) is 4.98 Å². The van der Waals surface area contributed by atoms with Crippen molar-refractivity contribution >= 4 is 15.9 Å². The first-order chi connectivity index (χ1) is 7.90. The Morgan fingerprint density at radius 2 is 2.12 bits per heavy atom. The summed E-state index contributed by atoms with van der Waals surface area (Å²) in [5, 5.41) is 2.83. The fraction of sp³-hybridized carbons (Fsp3) is 0.545. The number of halogens is 4. The second-order valence-corrected chi connectivity index (χ2v) is 4.66. The number of nitrogens with zero attached hydrogens (tertiary/aromatic N) is 1. The van der Waals surface area contributed by atoms with Crippen molar-refractivity contribution in [3.8, 4) is 0 Å². The van der Waals surface area contributed by atoms with Gasteiger partial charge in [0.2, 0.25) is 0 Å². The summed E-state index contributed by atoms with van der Waals surface area (Å²) >= 11 is 3.23. The Kier molecular flexibility index (Phi) is 5.39. The summed E-state index contributed by atoms with van der Waals surface area (Å²) in [5.41, 5.74) is 0.656. The van der Waals surface area contributed by atoms with E-state index in [0.717, 1.165) is 4.47 Å². The first-order valence-electron chi connectivity index (χ1n) is 5.31. The third-order valence-electron chi connectivity index (χ3n) is 2.21. The molecule has 1 aromatic heterocycles. The highest BCUT2D eigenvalue weighted by atomic mass is 79.9.